The largest absolute Gasteiger partial charge is 0.349 e. The van der Waals surface area contributed by atoms with Gasteiger partial charge in [-0.05, 0) is 49.2 Å². The molecule has 118 valence electrons. The highest BCUT2D eigenvalue weighted by Gasteiger charge is 2.23. The van der Waals surface area contributed by atoms with Crippen molar-refractivity contribution in [2.75, 3.05) is 5.32 Å². The molecule has 0 aromatic heterocycles. The monoisotopic (exact) mass is 392 g/mol. The lowest BCUT2D eigenvalue weighted by Gasteiger charge is -2.09. The molecule has 6 heteroatoms. The third kappa shape index (κ3) is 4.12. The van der Waals surface area contributed by atoms with Gasteiger partial charge in [0.05, 0.1) is 10.6 Å². The van der Waals surface area contributed by atoms with Crippen molar-refractivity contribution in [1.82, 2.24) is 5.32 Å². The fraction of sp³-hybridized carbons (Fsp3) is 0.176. The molecule has 2 amide bonds. The molecule has 2 N–H and O–H groups in total. The lowest BCUT2D eigenvalue weighted by molar-refractivity contribution is 0.0949. The van der Waals surface area contributed by atoms with Crippen molar-refractivity contribution in [2.45, 2.75) is 18.9 Å². The Hall–Kier alpha value is -1.85. The molecule has 0 aliphatic heterocycles. The molecule has 1 saturated carbocycles. The Morgan fingerprint density at radius 1 is 1.09 bits per heavy atom. The van der Waals surface area contributed by atoms with Gasteiger partial charge in [-0.3, -0.25) is 9.59 Å². The highest BCUT2D eigenvalue weighted by molar-refractivity contribution is 9.10. The van der Waals surface area contributed by atoms with Crippen LogP contribution in [-0.4, -0.2) is 17.9 Å². The van der Waals surface area contributed by atoms with Crippen molar-refractivity contribution < 1.29 is 9.59 Å². The van der Waals surface area contributed by atoms with Crippen LogP contribution in [0.25, 0.3) is 0 Å². The first kappa shape index (κ1) is 16.0. The van der Waals surface area contributed by atoms with Crippen molar-refractivity contribution >= 4 is 45.0 Å². The predicted molar refractivity (Wildman–Crippen MR) is 94.0 cm³/mol. The average Bonchev–Trinajstić information content (AvgIpc) is 3.34. The SMILES string of the molecule is O=C(NC1CC1)c1cccc(NC(=O)c2cc(Br)ccc2Cl)c1. The molecule has 1 fully saturated rings. The quantitative estimate of drug-likeness (QED) is 0.816. The number of hydrogen-bond donors (Lipinski definition) is 2. The van der Waals surface area contributed by atoms with Crippen LogP contribution in [0.3, 0.4) is 0 Å². The van der Waals surface area contributed by atoms with Crippen molar-refractivity contribution in [1.29, 1.82) is 0 Å². The van der Waals surface area contributed by atoms with Crippen LogP contribution in [0.2, 0.25) is 5.02 Å². The lowest BCUT2D eigenvalue weighted by atomic mass is 10.1. The number of amides is 2. The van der Waals surface area contributed by atoms with Crippen LogP contribution in [0.4, 0.5) is 5.69 Å². The van der Waals surface area contributed by atoms with Crippen molar-refractivity contribution in [3.05, 3.63) is 63.1 Å². The zero-order valence-corrected chi connectivity index (χ0v) is 14.4. The number of rotatable bonds is 4. The van der Waals surface area contributed by atoms with Crippen LogP contribution in [0.5, 0.6) is 0 Å². The number of nitrogens with one attached hydrogen (secondary N) is 2. The van der Waals surface area contributed by atoms with Crippen LogP contribution in [0.15, 0.2) is 46.9 Å². The van der Waals surface area contributed by atoms with Crippen LogP contribution in [0.1, 0.15) is 33.6 Å². The maximum absolute atomic E-state index is 12.3. The molecule has 0 spiro atoms. The molecule has 0 bridgehead atoms. The first-order chi connectivity index (χ1) is 11.0. The van der Waals surface area contributed by atoms with Crippen molar-refractivity contribution in [2.24, 2.45) is 0 Å². The summed E-state index contributed by atoms with van der Waals surface area (Å²) in [5.41, 5.74) is 1.44. The summed E-state index contributed by atoms with van der Waals surface area (Å²) in [7, 11) is 0. The summed E-state index contributed by atoms with van der Waals surface area (Å²) in [6.45, 7) is 0. The van der Waals surface area contributed by atoms with Crippen LogP contribution >= 0.6 is 27.5 Å². The Morgan fingerprint density at radius 3 is 2.61 bits per heavy atom. The maximum Gasteiger partial charge on any atom is 0.257 e. The molecule has 1 aliphatic carbocycles. The second-order valence-electron chi connectivity index (χ2n) is 5.41. The molecule has 4 nitrogen and oxygen atoms in total. The molecule has 0 saturated heterocycles. The third-order valence-corrected chi connectivity index (χ3v) is 4.29. The summed E-state index contributed by atoms with van der Waals surface area (Å²) < 4.78 is 0.768. The predicted octanol–water partition coefficient (Wildman–Crippen LogP) is 4.25. The molecular weight excluding hydrogens is 380 g/mol. The molecule has 0 unspecified atom stereocenters. The molecule has 0 radical (unpaired) electrons. The van der Waals surface area contributed by atoms with E-state index in [1.54, 1.807) is 42.5 Å². The van der Waals surface area contributed by atoms with Gasteiger partial charge in [0.1, 0.15) is 0 Å². The summed E-state index contributed by atoms with van der Waals surface area (Å²) >= 11 is 9.38. The van der Waals surface area contributed by atoms with Crippen LogP contribution in [-0.2, 0) is 0 Å². The average molecular weight is 394 g/mol. The Labute approximate surface area is 147 Å². The summed E-state index contributed by atoms with van der Waals surface area (Å²) in [5, 5.41) is 6.06. The van der Waals surface area contributed by atoms with E-state index in [1.165, 1.54) is 0 Å². The Morgan fingerprint density at radius 2 is 1.87 bits per heavy atom. The Bertz CT molecular complexity index is 775. The van der Waals surface area contributed by atoms with E-state index >= 15 is 0 Å². The number of benzene rings is 2. The second kappa shape index (κ2) is 6.72. The Kier molecular flexibility index (Phi) is 4.68. The molecule has 0 heterocycles. The lowest BCUT2D eigenvalue weighted by Crippen LogP contribution is -2.25. The third-order valence-electron chi connectivity index (χ3n) is 3.47. The van der Waals surface area contributed by atoms with Gasteiger partial charge >= 0.3 is 0 Å². The fourth-order valence-corrected chi connectivity index (χ4v) is 2.67. The number of anilines is 1. The molecule has 23 heavy (non-hydrogen) atoms. The minimum Gasteiger partial charge on any atom is -0.349 e. The molecule has 0 atom stereocenters. The van der Waals surface area contributed by atoms with E-state index in [4.69, 9.17) is 11.6 Å². The molecule has 3 rings (SSSR count). The number of hydrogen-bond acceptors (Lipinski definition) is 2. The van der Waals surface area contributed by atoms with Gasteiger partial charge in [-0.1, -0.05) is 33.6 Å². The van der Waals surface area contributed by atoms with Gasteiger partial charge in [0.25, 0.3) is 11.8 Å². The molecule has 2 aromatic rings. The van der Waals surface area contributed by atoms with Gasteiger partial charge in [0.2, 0.25) is 0 Å². The second-order valence-corrected chi connectivity index (χ2v) is 6.73. The van der Waals surface area contributed by atoms with E-state index in [2.05, 4.69) is 26.6 Å². The summed E-state index contributed by atoms with van der Waals surface area (Å²) in [6.07, 6.45) is 2.06. The summed E-state index contributed by atoms with van der Waals surface area (Å²) in [6, 6.07) is 12.2. The van der Waals surface area contributed by atoms with Gasteiger partial charge in [-0.2, -0.15) is 0 Å². The van der Waals surface area contributed by atoms with E-state index in [0.29, 0.717) is 27.9 Å². The van der Waals surface area contributed by atoms with Crippen LogP contribution in [0, 0.1) is 0 Å². The zero-order valence-electron chi connectivity index (χ0n) is 12.1. The first-order valence-corrected chi connectivity index (χ1v) is 8.37. The number of carbonyl (C=O) groups excluding carboxylic acids is 2. The minimum absolute atomic E-state index is 0.121. The fourth-order valence-electron chi connectivity index (χ4n) is 2.10. The van der Waals surface area contributed by atoms with Gasteiger partial charge in [-0.15, -0.1) is 0 Å². The van der Waals surface area contributed by atoms with Gasteiger partial charge in [0, 0.05) is 21.8 Å². The summed E-state index contributed by atoms with van der Waals surface area (Å²) in [5.74, 6) is -0.444. The van der Waals surface area contributed by atoms with Crippen LogP contribution < -0.4 is 10.6 Å². The van der Waals surface area contributed by atoms with E-state index in [0.717, 1.165) is 17.3 Å². The van der Waals surface area contributed by atoms with Gasteiger partial charge < -0.3 is 10.6 Å². The molecular formula is C17H14BrClN2O2. The smallest absolute Gasteiger partial charge is 0.257 e. The number of carbonyl (C=O) groups is 2. The topological polar surface area (TPSA) is 58.2 Å². The van der Waals surface area contributed by atoms with E-state index in [1.807, 2.05) is 0 Å². The summed E-state index contributed by atoms with van der Waals surface area (Å²) in [4.78, 5) is 24.4. The zero-order chi connectivity index (χ0) is 16.4. The standard InChI is InChI=1S/C17H14BrClN2O2/c18-11-4-7-15(19)14(9-11)17(23)21-13-3-1-2-10(8-13)16(22)20-12-5-6-12/h1-4,7-9,12H,5-6H2,(H,20,22)(H,21,23). The molecule has 2 aromatic carbocycles. The Balaban J connectivity index is 1.75. The normalized spacial score (nSPS) is 13.5. The number of halogens is 2. The van der Waals surface area contributed by atoms with Crippen molar-refractivity contribution in [3.63, 3.8) is 0 Å². The van der Waals surface area contributed by atoms with Gasteiger partial charge in [0.15, 0.2) is 0 Å². The van der Waals surface area contributed by atoms with Gasteiger partial charge in [-0.25, -0.2) is 0 Å². The highest BCUT2D eigenvalue weighted by atomic mass is 79.9. The first-order valence-electron chi connectivity index (χ1n) is 7.20. The minimum atomic E-state index is -0.323. The highest BCUT2D eigenvalue weighted by Crippen LogP contribution is 2.23. The van der Waals surface area contributed by atoms with Crippen molar-refractivity contribution in [3.8, 4) is 0 Å². The van der Waals surface area contributed by atoms with E-state index in [9.17, 15) is 9.59 Å². The maximum atomic E-state index is 12.3. The molecule has 1 aliphatic rings. The van der Waals surface area contributed by atoms with E-state index < -0.39 is 0 Å². The van der Waals surface area contributed by atoms with E-state index in [-0.39, 0.29) is 11.8 Å².